The van der Waals surface area contributed by atoms with Crippen LogP contribution in [0.4, 0.5) is 0 Å². The van der Waals surface area contributed by atoms with Gasteiger partial charge in [-0.15, -0.1) is 0 Å². The summed E-state index contributed by atoms with van der Waals surface area (Å²) in [4.78, 5) is 11.2. The van der Waals surface area contributed by atoms with E-state index >= 15 is 0 Å². The predicted octanol–water partition coefficient (Wildman–Crippen LogP) is 1.15. The molecule has 7 heteroatoms. The largest absolute Gasteiger partial charge is 0.480 e. The summed E-state index contributed by atoms with van der Waals surface area (Å²) in [6, 6.07) is -0.929. The standard InChI is InChI=1S/C12H24N2O4S/c1-12(2,3)9-13(4)19(17,18)14-8-6-5-7-10(14)11(15)16/h10H,5-9H2,1-4H3,(H,15,16). The van der Waals surface area contributed by atoms with Crippen LogP contribution in [0.2, 0.25) is 0 Å². The van der Waals surface area contributed by atoms with Crippen molar-refractivity contribution in [2.24, 2.45) is 5.41 Å². The Kier molecular flexibility index (Phi) is 4.97. The number of carbonyl (C=O) groups is 1. The Bertz CT molecular complexity index is 428. The summed E-state index contributed by atoms with van der Waals surface area (Å²) in [5, 5.41) is 9.16. The van der Waals surface area contributed by atoms with Gasteiger partial charge in [0.15, 0.2) is 0 Å². The quantitative estimate of drug-likeness (QED) is 0.843. The third kappa shape index (κ3) is 4.15. The molecule has 0 bridgehead atoms. The van der Waals surface area contributed by atoms with Crippen molar-refractivity contribution in [2.75, 3.05) is 20.1 Å². The highest BCUT2D eigenvalue weighted by atomic mass is 32.2. The number of carboxylic acids is 1. The summed E-state index contributed by atoms with van der Waals surface area (Å²) in [5.41, 5.74) is -0.170. The number of carboxylic acid groups (broad SMARTS) is 1. The van der Waals surface area contributed by atoms with Gasteiger partial charge in [-0.3, -0.25) is 4.79 Å². The van der Waals surface area contributed by atoms with E-state index in [1.807, 2.05) is 20.8 Å². The van der Waals surface area contributed by atoms with Gasteiger partial charge in [-0.2, -0.15) is 17.0 Å². The summed E-state index contributed by atoms with van der Waals surface area (Å²) in [6.07, 6.45) is 1.86. The number of aliphatic carboxylic acids is 1. The van der Waals surface area contributed by atoms with E-state index in [-0.39, 0.29) is 12.0 Å². The van der Waals surface area contributed by atoms with Gasteiger partial charge in [0.25, 0.3) is 10.2 Å². The zero-order chi connectivity index (χ0) is 14.8. The second-order valence-electron chi connectivity index (χ2n) is 6.29. The molecule has 0 radical (unpaired) electrons. The van der Waals surface area contributed by atoms with Gasteiger partial charge in [0, 0.05) is 20.1 Å². The van der Waals surface area contributed by atoms with Crippen LogP contribution in [0.3, 0.4) is 0 Å². The minimum atomic E-state index is -3.70. The fourth-order valence-corrected chi connectivity index (χ4v) is 4.14. The highest BCUT2D eigenvalue weighted by molar-refractivity contribution is 7.86. The monoisotopic (exact) mass is 292 g/mol. The molecular formula is C12H24N2O4S. The Morgan fingerprint density at radius 2 is 1.95 bits per heavy atom. The molecule has 1 N–H and O–H groups in total. The van der Waals surface area contributed by atoms with Crippen LogP contribution < -0.4 is 0 Å². The highest BCUT2D eigenvalue weighted by Gasteiger charge is 2.39. The Balaban J connectivity index is 2.94. The molecule has 1 unspecified atom stereocenters. The smallest absolute Gasteiger partial charge is 0.322 e. The molecule has 1 aliphatic rings. The first kappa shape index (κ1) is 16.4. The second kappa shape index (κ2) is 5.76. The molecule has 112 valence electrons. The van der Waals surface area contributed by atoms with Crippen molar-refractivity contribution in [1.29, 1.82) is 0 Å². The van der Waals surface area contributed by atoms with Gasteiger partial charge < -0.3 is 5.11 Å². The number of rotatable bonds is 4. The lowest BCUT2D eigenvalue weighted by atomic mass is 9.97. The number of nitrogens with zero attached hydrogens (tertiary/aromatic N) is 2. The Morgan fingerprint density at radius 3 is 2.42 bits per heavy atom. The van der Waals surface area contributed by atoms with Crippen LogP contribution in [0.25, 0.3) is 0 Å². The van der Waals surface area contributed by atoms with Crippen molar-refractivity contribution in [2.45, 2.75) is 46.1 Å². The molecule has 1 heterocycles. The molecule has 1 rings (SSSR count). The van der Waals surface area contributed by atoms with E-state index in [1.165, 1.54) is 11.4 Å². The average molecular weight is 292 g/mol. The lowest BCUT2D eigenvalue weighted by Gasteiger charge is -2.36. The highest BCUT2D eigenvalue weighted by Crippen LogP contribution is 2.24. The van der Waals surface area contributed by atoms with Gasteiger partial charge in [-0.25, -0.2) is 0 Å². The third-order valence-electron chi connectivity index (χ3n) is 3.13. The van der Waals surface area contributed by atoms with Crippen LogP contribution in [-0.4, -0.2) is 54.3 Å². The molecule has 0 aromatic rings. The summed E-state index contributed by atoms with van der Waals surface area (Å²) < 4.78 is 27.3. The van der Waals surface area contributed by atoms with E-state index in [9.17, 15) is 13.2 Å². The molecule has 1 fully saturated rings. The van der Waals surface area contributed by atoms with Gasteiger partial charge in [-0.05, 0) is 24.7 Å². The minimum Gasteiger partial charge on any atom is -0.480 e. The Hall–Kier alpha value is -0.660. The first-order valence-corrected chi connectivity index (χ1v) is 7.91. The van der Waals surface area contributed by atoms with Crippen molar-refractivity contribution in [3.8, 4) is 0 Å². The first-order chi connectivity index (χ1) is 8.55. The molecule has 19 heavy (non-hydrogen) atoms. The van der Waals surface area contributed by atoms with E-state index in [2.05, 4.69) is 0 Å². The molecule has 0 aliphatic carbocycles. The first-order valence-electron chi connectivity index (χ1n) is 6.51. The van der Waals surface area contributed by atoms with E-state index < -0.39 is 22.2 Å². The maximum absolute atomic E-state index is 12.5. The van der Waals surface area contributed by atoms with Crippen LogP contribution in [0, 0.1) is 5.41 Å². The van der Waals surface area contributed by atoms with Crippen molar-refractivity contribution in [3.05, 3.63) is 0 Å². The molecule has 0 aromatic heterocycles. The Morgan fingerprint density at radius 1 is 1.37 bits per heavy atom. The van der Waals surface area contributed by atoms with E-state index in [1.54, 1.807) is 0 Å². The van der Waals surface area contributed by atoms with Gasteiger partial charge >= 0.3 is 5.97 Å². The lowest BCUT2D eigenvalue weighted by Crippen LogP contribution is -2.53. The normalized spacial score (nSPS) is 22.7. The summed E-state index contributed by atoms with van der Waals surface area (Å²) in [6.45, 7) is 6.49. The van der Waals surface area contributed by atoms with Crippen LogP contribution in [0.1, 0.15) is 40.0 Å². The fourth-order valence-electron chi connectivity index (χ4n) is 2.36. The topological polar surface area (TPSA) is 77.9 Å². The molecule has 0 aromatic carbocycles. The van der Waals surface area contributed by atoms with Crippen molar-refractivity contribution < 1.29 is 18.3 Å². The van der Waals surface area contributed by atoms with Gasteiger partial charge in [0.2, 0.25) is 0 Å². The van der Waals surface area contributed by atoms with Crippen LogP contribution in [-0.2, 0) is 15.0 Å². The predicted molar refractivity (Wildman–Crippen MR) is 73.0 cm³/mol. The lowest BCUT2D eigenvalue weighted by molar-refractivity contribution is -0.142. The molecule has 0 saturated carbocycles. The van der Waals surface area contributed by atoms with E-state index in [0.29, 0.717) is 19.4 Å². The van der Waals surface area contributed by atoms with Crippen LogP contribution >= 0.6 is 0 Å². The maximum Gasteiger partial charge on any atom is 0.322 e. The summed E-state index contributed by atoms with van der Waals surface area (Å²) in [5.74, 6) is -1.06. The SMILES string of the molecule is CN(CC(C)(C)C)S(=O)(=O)N1CCCCC1C(=O)O. The minimum absolute atomic E-state index is 0.170. The number of piperidine rings is 1. The van der Waals surface area contributed by atoms with Crippen molar-refractivity contribution >= 4 is 16.2 Å². The fraction of sp³-hybridized carbons (Fsp3) is 0.917. The Labute approximate surface area is 115 Å². The molecule has 1 aliphatic heterocycles. The summed E-state index contributed by atoms with van der Waals surface area (Å²) in [7, 11) is -2.20. The molecule has 0 spiro atoms. The zero-order valence-corrected chi connectivity index (χ0v) is 12.9. The van der Waals surface area contributed by atoms with E-state index in [0.717, 1.165) is 10.7 Å². The van der Waals surface area contributed by atoms with Gasteiger partial charge in [0.05, 0.1) is 0 Å². The molecular weight excluding hydrogens is 268 g/mol. The van der Waals surface area contributed by atoms with Crippen molar-refractivity contribution in [1.82, 2.24) is 8.61 Å². The third-order valence-corrected chi connectivity index (χ3v) is 5.07. The molecule has 6 nitrogen and oxygen atoms in total. The number of hydrogen-bond acceptors (Lipinski definition) is 3. The van der Waals surface area contributed by atoms with E-state index in [4.69, 9.17) is 5.11 Å². The number of hydrogen-bond donors (Lipinski definition) is 1. The molecule has 1 atom stereocenters. The average Bonchev–Trinajstić information content (AvgIpc) is 2.26. The van der Waals surface area contributed by atoms with Gasteiger partial charge in [-0.1, -0.05) is 20.8 Å². The second-order valence-corrected chi connectivity index (χ2v) is 8.27. The zero-order valence-electron chi connectivity index (χ0n) is 12.1. The molecule has 1 saturated heterocycles. The summed E-state index contributed by atoms with van der Waals surface area (Å²) >= 11 is 0. The van der Waals surface area contributed by atoms with Crippen LogP contribution in [0.5, 0.6) is 0 Å². The molecule has 0 amide bonds. The van der Waals surface area contributed by atoms with Gasteiger partial charge in [0.1, 0.15) is 6.04 Å². The van der Waals surface area contributed by atoms with Crippen LogP contribution in [0.15, 0.2) is 0 Å². The van der Waals surface area contributed by atoms with Crippen molar-refractivity contribution in [3.63, 3.8) is 0 Å². The maximum atomic E-state index is 12.5.